The fraction of sp³-hybridized carbons (Fsp3) is 0.579. The zero-order valence-corrected chi connectivity index (χ0v) is 16.8. The van der Waals surface area contributed by atoms with Gasteiger partial charge in [0.25, 0.3) is 11.8 Å². The van der Waals surface area contributed by atoms with E-state index in [1.54, 1.807) is 13.8 Å². The number of nitrogens with zero attached hydrogens (tertiary/aromatic N) is 1. The number of aliphatic hydroxyl groups excluding tert-OH is 4. The number of nitrogen functional groups attached to an aromatic ring is 1. The van der Waals surface area contributed by atoms with Gasteiger partial charge in [-0.25, -0.2) is 0 Å². The predicted octanol–water partition coefficient (Wildman–Crippen LogP) is -1.04. The van der Waals surface area contributed by atoms with Crippen molar-refractivity contribution in [3.63, 3.8) is 0 Å². The number of hydrogen-bond acceptors (Lipinski definition) is 7. The molecule has 1 aromatic carbocycles. The molecule has 9 nitrogen and oxygen atoms in total. The van der Waals surface area contributed by atoms with Crippen molar-refractivity contribution in [2.24, 2.45) is 0 Å². The Hall–Kier alpha value is -2.20. The molecule has 7 N–H and O–H groups in total. The Bertz CT molecular complexity index is 722. The Morgan fingerprint density at radius 1 is 1.07 bits per heavy atom. The summed E-state index contributed by atoms with van der Waals surface area (Å²) in [5, 5.41) is 39.5. The van der Waals surface area contributed by atoms with Gasteiger partial charge in [0.1, 0.15) is 0 Å². The van der Waals surface area contributed by atoms with E-state index in [9.17, 15) is 19.8 Å². The van der Waals surface area contributed by atoms with Gasteiger partial charge in [0.15, 0.2) is 0 Å². The first-order chi connectivity index (χ1) is 13.1. The molecule has 0 aliphatic carbocycles. The number of hydrogen-bond donors (Lipinski definition) is 6. The second-order valence-corrected chi connectivity index (χ2v) is 6.81. The van der Waals surface area contributed by atoms with Crippen molar-refractivity contribution < 1.29 is 30.0 Å². The number of nitrogens with one attached hydrogen (secondary N) is 1. The number of carbonyl (C=O) groups excluding carboxylic acids is 2. The number of nitrogens with two attached hydrogens (primary N) is 1. The summed E-state index contributed by atoms with van der Waals surface area (Å²) >= 11 is 0. The molecule has 0 saturated carbocycles. The summed E-state index contributed by atoms with van der Waals surface area (Å²) in [6, 6.07) is 0. The second-order valence-electron chi connectivity index (χ2n) is 6.81. The summed E-state index contributed by atoms with van der Waals surface area (Å²) in [6.45, 7) is 4.00. The Balaban J connectivity index is 3.42. The van der Waals surface area contributed by atoms with Crippen LogP contribution in [-0.4, -0.2) is 82.7 Å². The normalized spacial score (nSPS) is 13.1. The SMILES string of the molecule is CCc1c(N)c(C)c(C(=O)NCC(O)CO)c(C)c1C(=O)N(C)CC(O)CO. The molecular formula is C19H31N3O6. The lowest BCUT2D eigenvalue weighted by Crippen LogP contribution is -2.38. The van der Waals surface area contributed by atoms with E-state index < -0.39 is 37.2 Å². The van der Waals surface area contributed by atoms with Gasteiger partial charge in [-0.1, -0.05) is 6.92 Å². The number of benzene rings is 1. The highest BCUT2D eigenvalue weighted by Crippen LogP contribution is 2.31. The Kier molecular flexibility index (Phi) is 8.83. The zero-order valence-electron chi connectivity index (χ0n) is 16.8. The van der Waals surface area contributed by atoms with Gasteiger partial charge in [0.2, 0.25) is 0 Å². The molecule has 2 amide bonds. The highest BCUT2D eigenvalue weighted by Gasteiger charge is 2.27. The van der Waals surface area contributed by atoms with Crippen LogP contribution in [-0.2, 0) is 6.42 Å². The van der Waals surface area contributed by atoms with Crippen LogP contribution in [0.2, 0.25) is 0 Å². The number of likely N-dealkylation sites (N-methyl/N-ethyl adjacent to an activating group) is 1. The molecule has 2 unspecified atom stereocenters. The van der Waals surface area contributed by atoms with E-state index in [1.165, 1.54) is 11.9 Å². The molecule has 0 aliphatic rings. The summed E-state index contributed by atoms with van der Waals surface area (Å²) in [4.78, 5) is 27.0. The standard InChI is InChI=1S/C19H31N3O6/c1-5-14-16(19(28)22(4)7-13(26)9-24)10(2)15(11(3)17(14)20)18(27)21-6-12(25)8-23/h12-13,23-26H,5-9,20H2,1-4H3,(H,21,27). The van der Waals surface area contributed by atoms with Crippen molar-refractivity contribution >= 4 is 17.5 Å². The van der Waals surface area contributed by atoms with Crippen molar-refractivity contribution in [3.8, 4) is 0 Å². The molecule has 0 aromatic heterocycles. The van der Waals surface area contributed by atoms with Crippen molar-refractivity contribution in [1.29, 1.82) is 0 Å². The summed E-state index contributed by atoms with van der Waals surface area (Å²) in [7, 11) is 1.49. The minimum atomic E-state index is -1.09. The maximum atomic E-state index is 13.0. The quantitative estimate of drug-likeness (QED) is 0.291. The molecule has 158 valence electrons. The van der Waals surface area contributed by atoms with E-state index in [4.69, 9.17) is 15.9 Å². The molecule has 2 atom stereocenters. The lowest BCUT2D eigenvalue weighted by molar-refractivity contribution is 0.0519. The lowest BCUT2D eigenvalue weighted by atomic mass is 9.88. The third-order valence-corrected chi connectivity index (χ3v) is 4.70. The molecule has 0 saturated heterocycles. The Morgan fingerprint density at radius 3 is 2.14 bits per heavy atom. The van der Waals surface area contributed by atoms with E-state index in [-0.39, 0.29) is 24.2 Å². The molecule has 0 aliphatic heterocycles. The van der Waals surface area contributed by atoms with Crippen molar-refractivity contribution in [2.75, 3.05) is 39.1 Å². The first-order valence-corrected chi connectivity index (χ1v) is 9.13. The van der Waals surface area contributed by atoms with Crippen molar-refractivity contribution in [2.45, 2.75) is 39.4 Å². The monoisotopic (exact) mass is 397 g/mol. The first-order valence-electron chi connectivity index (χ1n) is 9.13. The molecule has 1 aromatic rings. The number of anilines is 1. The maximum absolute atomic E-state index is 13.0. The minimum Gasteiger partial charge on any atom is -0.398 e. The van der Waals surface area contributed by atoms with Crippen molar-refractivity contribution in [3.05, 3.63) is 27.8 Å². The van der Waals surface area contributed by atoms with E-state index in [0.29, 0.717) is 28.8 Å². The van der Waals surface area contributed by atoms with E-state index in [2.05, 4.69) is 5.32 Å². The van der Waals surface area contributed by atoms with Gasteiger partial charge in [-0.2, -0.15) is 0 Å². The summed E-state index contributed by atoms with van der Waals surface area (Å²) in [5.74, 6) is -0.929. The van der Waals surface area contributed by atoms with Gasteiger partial charge < -0.3 is 36.4 Å². The molecule has 9 heteroatoms. The molecular weight excluding hydrogens is 366 g/mol. The number of rotatable bonds is 9. The van der Waals surface area contributed by atoms with Gasteiger partial charge in [-0.15, -0.1) is 0 Å². The first kappa shape index (κ1) is 23.8. The van der Waals surface area contributed by atoms with Crippen LogP contribution in [0.15, 0.2) is 0 Å². The van der Waals surface area contributed by atoms with Crippen LogP contribution < -0.4 is 11.1 Å². The van der Waals surface area contributed by atoms with Crippen LogP contribution in [0.1, 0.15) is 44.3 Å². The van der Waals surface area contributed by atoms with Gasteiger partial charge in [-0.05, 0) is 37.0 Å². The summed E-state index contributed by atoms with van der Waals surface area (Å²) in [5.41, 5.74) is 8.65. The molecule has 0 fully saturated rings. The third-order valence-electron chi connectivity index (χ3n) is 4.70. The van der Waals surface area contributed by atoms with Gasteiger partial charge in [0, 0.05) is 37.0 Å². The highest BCUT2D eigenvalue weighted by atomic mass is 16.3. The second kappa shape index (κ2) is 10.4. The molecule has 0 bridgehead atoms. The fourth-order valence-corrected chi connectivity index (χ4v) is 3.14. The van der Waals surface area contributed by atoms with Crippen LogP contribution in [0.25, 0.3) is 0 Å². The van der Waals surface area contributed by atoms with Crippen LogP contribution in [0.5, 0.6) is 0 Å². The van der Waals surface area contributed by atoms with E-state index >= 15 is 0 Å². The zero-order chi connectivity index (χ0) is 21.6. The van der Waals surface area contributed by atoms with Gasteiger partial charge >= 0.3 is 0 Å². The summed E-state index contributed by atoms with van der Waals surface area (Å²) in [6.07, 6.45) is -1.70. The topological polar surface area (TPSA) is 156 Å². The molecule has 0 radical (unpaired) electrons. The molecule has 0 spiro atoms. The predicted molar refractivity (Wildman–Crippen MR) is 105 cm³/mol. The lowest BCUT2D eigenvalue weighted by Gasteiger charge is -2.25. The average Bonchev–Trinajstić information content (AvgIpc) is 2.67. The molecule has 28 heavy (non-hydrogen) atoms. The third kappa shape index (κ3) is 5.20. The average molecular weight is 397 g/mol. The smallest absolute Gasteiger partial charge is 0.254 e. The van der Waals surface area contributed by atoms with Crippen LogP contribution in [0.4, 0.5) is 5.69 Å². The number of aliphatic hydroxyl groups is 4. The van der Waals surface area contributed by atoms with Crippen LogP contribution in [0.3, 0.4) is 0 Å². The Labute approximate surface area is 164 Å². The van der Waals surface area contributed by atoms with E-state index in [0.717, 1.165) is 0 Å². The largest absolute Gasteiger partial charge is 0.398 e. The van der Waals surface area contributed by atoms with E-state index in [1.807, 2.05) is 6.92 Å². The molecule has 1 rings (SSSR count). The Morgan fingerprint density at radius 2 is 1.64 bits per heavy atom. The van der Waals surface area contributed by atoms with Gasteiger partial charge in [0.05, 0.1) is 25.4 Å². The highest BCUT2D eigenvalue weighted by molar-refractivity contribution is 6.06. The number of carbonyl (C=O) groups is 2. The van der Waals surface area contributed by atoms with Crippen LogP contribution in [0, 0.1) is 13.8 Å². The fourth-order valence-electron chi connectivity index (χ4n) is 3.14. The van der Waals surface area contributed by atoms with Crippen molar-refractivity contribution in [1.82, 2.24) is 10.2 Å². The van der Waals surface area contributed by atoms with Gasteiger partial charge in [-0.3, -0.25) is 9.59 Å². The minimum absolute atomic E-state index is 0.0735. The maximum Gasteiger partial charge on any atom is 0.254 e. The number of amides is 2. The molecule has 0 heterocycles. The van der Waals surface area contributed by atoms with Crippen LogP contribution >= 0.6 is 0 Å². The summed E-state index contributed by atoms with van der Waals surface area (Å²) < 4.78 is 0.